The average molecular weight is 499 g/mol. The first-order valence-corrected chi connectivity index (χ1v) is 11.4. The number of aliphatic imine (C=N–C) groups is 1. The van der Waals surface area contributed by atoms with E-state index in [1.165, 1.54) is 26.4 Å². The Labute approximate surface area is 212 Å². The SMILES string of the molecule is COc1cc(Nc2ncc3c(n2)-c2ccc(C)cc2C(c2c(F)cccc2OC)=NC3)ccc1C(=O)O. The van der Waals surface area contributed by atoms with Crippen LogP contribution < -0.4 is 14.8 Å². The molecule has 1 aliphatic rings. The Bertz CT molecular complexity index is 1570. The van der Waals surface area contributed by atoms with Crippen molar-refractivity contribution < 1.29 is 23.8 Å². The molecule has 0 fully saturated rings. The van der Waals surface area contributed by atoms with E-state index in [0.29, 0.717) is 34.4 Å². The fraction of sp³-hybridized carbons (Fsp3) is 0.143. The molecule has 0 saturated heterocycles. The summed E-state index contributed by atoms with van der Waals surface area (Å²) in [5.41, 5.74) is 5.34. The number of aromatic nitrogens is 2. The Morgan fingerprint density at radius 3 is 2.59 bits per heavy atom. The lowest BCUT2D eigenvalue weighted by Crippen LogP contribution is -2.10. The van der Waals surface area contributed by atoms with Gasteiger partial charge in [-0.15, -0.1) is 0 Å². The number of methoxy groups -OCH3 is 2. The highest BCUT2D eigenvalue weighted by molar-refractivity contribution is 6.18. The summed E-state index contributed by atoms with van der Waals surface area (Å²) >= 11 is 0. The second-order valence-electron chi connectivity index (χ2n) is 8.44. The van der Waals surface area contributed by atoms with Crippen LogP contribution in [0.3, 0.4) is 0 Å². The molecule has 0 aliphatic carbocycles. The van der Waals surface area contributed by atoms with E-state index in [-0.39, 0.29) is 17.9 Å². The number of fused-ring (bicyclic) bond motifs is 3. The number of halogens is 1. The molecule has 9 heteroatoms. The predicted octanol–water partition coefficient (Wildman–Crippen LogP) is 5.40. The van der Waals surface area contributed by atoms with Gasteiger partial charge in [0.1, 0.15) is 22.9 Å². The van der Waals surface area contributed by atoms with Crippen LogP contribution in [0.25, 0.3) is 11.3 Å². The number of aromatic carboxylic acids is 1. The van der Waals surface area contributed by atoms with Gasteiger partial charge in [-0.25, -0.2) is 19.2 Å². The van der Waals surface area contributed by atoms with Crippen molar-refractivity contribution in [3.63, 3.8) is 0 Å². The van der Waals surface area contributed by atoms with Crippen LogP contribution in [0.15, 0.2) is 65.8 Å². The molecular formula is C28H23FN4O4. The summed E-state index contributed by atoms with van der Waals surface area (Å²) in [4.78, 5) is 25.4. The van der Waals surface area contributed by atoms with Gasteiger partial charge in [0, 0.05) is 34.6 Å². The largest absolute Gasteiger partial charge is 0.496 e. The number of nitrogens with zero attached hydrogens (tertiary/aromatic N) is 3. The van der Waals surface area contributed by atoms with E-state index in [9.17, 15) is 9.90 Å². The first-order valence-electron chi connectivity index (χ1n) is 11.4. The first kappa shape index (κ1) is 23.9. The number of benzene rings is 3. The van der Waals surface area contributed by atoms with E-state index in [2.05, 4.69) is 10.3 Å². The van der Waals surface area contributed by atoms with Gasteiger partial charge in [0.05, 0.1) is 37.7 Å². The molecule has 1 aromatic heterocycles. The van der Waals surface area contributed by atoms with E-state index < -0.39 is 11.8 Å². The monoisotopic (exact) mass is 498 g/mol. The van der Waals surface area contributed by atoms with Gasteiger partial charge in [0.25, 0.3) is 0 Å². The topological polar surface area (TPSA) is 106 Å². The summed E-state index contributed by atoms with van der Waals surface area (Å²) in [5.74, 6) is -0.598. The second-order valence-corrected chi connectivity index (χ2v) is 8.44. The van der Waals surface area contributed by atoms with E-state index in [4.69, 9.17) is 19.5 Å². The molecule has 37 heavy (non-hydrogen) atoms. The Balaban J connectivity index is 1.60. The van der Waals surface area contributed by atoms with Crippen molar-refractivity contribution in [2.45, 2.75) is 13.5 Å². The third-order valence-corrected chi connectivity index (χ3v) is 6.08. The quantitative estimate of drug-likeness (QED) is 0.367. The fourth-order valence-corrected chi connectivity index (χ4v) is 4.32. The van der Waals surface area contributed by atoms with Crippen LogP contribution in [0.1, 0.15) is 32.6 Å². The molecule has 2 N–H and O–H groups in total. The second kappa shape index (κ2) is 9.69. The number of aryl methyl sites for hydroxylation is 1. The van der Waals surface area contributed by atoms with Gasteiger partial charge < -0.3 is 19.9 Å². The van der Waals surface area contributed by atoms with Crippen LogP contribution in [0, 0.1) is 12.7 Å². The average Bonchev–Trinajstić information content (AvgIpc) is 3.04. The minimum atomic E-state index is -1.08. The Morgan fingerprint density at radius 2 is 1.84 bits per heavy atom. The lowest BCUT2D eigenvalue weighted by molar-refractivity contribution is 0.0693. The number of hydrogen-bond donors (Lipinski definition) is 2. The number of anilines is 2. The van der Waals surface area contributed by atoms with Gasteiger partial charge in [-0.05, 0) is 37.3 Å². The van der Waals surface area contributed by atoms with Crippen molar-refractivity contribution >= 4 is 23.3 Å². The summed E-state index contributed by atoms with van der Waals surface area (Å²) < 4.78 is 25.8. The molecule has 3 aromatic carbocycles. The summed E-state index contributed by atoms with van der Waals surface area (Å²) in [5, 5.41) is 12.5. The van der Waals surface area contributed by atoms with Crippen molar-refractivity contribution in [1.82, 2.24) is 9.97 Å². The summed E-state index contributed by atoms with van der Waals surface area (Å²) in [6.45, 7) is 2.21. The van der Waals surface area contributed by atoms with Crippen LogP contribution in [0.2, 0.25) is 0 Å². The van der Waals surface area contributed by atoms with Crippen LogP contribution in [0.4, 0.5) is 16.0 Å². The lowest BCUT2D eigenvalue weighted by Gasteiger charge is -2.15. The Hall–Kier alpha value is -4.79. The molecule has 5 rings (SSSR count). The van der Waals surface area contributed by atoms with Crippen LogP contribution >= 0.6 is 0 Å². The normalized spacial score (nSPS) is 12.1. The number of carboxylic acids is 1. The molecular weight excluding hydrogens is 475 g/mol. The molecule has 8 nitrogen and oxygen atoms in total. The summed E-state index contributed by atoms with van der Waals surface area (Å²) in [6.07, 6.45) is 1.68. The van der Waals surface area contributed by atoms with Gasteiger partial charge in [-0.3, -0.25) is 4.99 Å². The smallest absolute Gasteiger partial charge is 0.339 e. The molecule has 2 heterocycles. The van der Waals surface area contributed by atoms with Crippen molar-refractivity contribution in [3.8, 4) is 22.8 Å². The Kier molecular flexibility index (Phi) is 6.27. The van der Waals surface area contributed by atoms with E-state index in [0.717, 1.165) is 22.3 Å². The molecule has 4 aromatic rings. The third-order valence-electron chi connectivity index (χ3n) is 6.08. The zero-order valence-electron chi connectivity index (χ0n) is 20.4. The molecule has 186 valence electrons. The van der Waals surface area contributed by atoms with Gasteiger partial charge in [-0.2, -0.15) is 0 Å². The fourth-order valence-electron chi connectivity index (χ4n) is 4.32. The Morgan fingerprint density at radius 1 is 1.03 bits per heavy atom. The van der Waals surface area contributed by atoms with E-state index in [1.807, 2.05) is 25.1 Å². The highest BCUT2D eigenvalue weighted by atomic mass is 19.1. The van der Waals surface area contributed by atoms with Crippen LogP contribution in [-0.4, -0.2) is 41.0 Å². The lowest BCUT2D eigenvalue weighted by atomic mass is 9.93. The van der Waals surface area contributed by atoms with Crippen LogP contribution in [-0.2, 0) is 6.54 Å². The van der Waals surface area contributed by atoms with Crippen molar-refractivity contribution in [1.29, 1.82) is 0 Å². The zero-order valence-corrected chi connectivity index (χ0v) is 20.4. The first-order chi connectivity index (χ1) is 17.9. The number of carbonyl (C=O) groups is 1. The minimum absolute atomic E-state index is 0.0495. The number of ether oxygens (including phenoxy) is 2. The standard InChI is InChI=1S/C28H23FN4O4/c1-15-7-9-18-20(11-15)26(24-21(29)5-4-6-22(24)36-2)30-13-16-14-31-28(33-25(16)18)32-17-8-10-19(27(34)35)23(12-17)37-3/h4-12,14H,13H2,1-3H3,(H,34,35)(H,31,32,33). The highest BCUT2D eigenvalue weighted by Gasteiger charge is 2.25. The van der Waals surface area contributed by atoms with Crippen molar-refractivity contribution in [2.24, 2.45) is 4.99 Å². The number of nitrogens with one attached hydrogen (secondary N) is 1. The zero-order chi connectivity index (χ0) is 26.1. The summed E-state index contributed by atoms with van der Waals surface area (Å²) in [7, 11) is 2.91. The maximum atomic E-state index is 15.1. The van der Waals surface area contributed by atoms with Gasteiger partial charge in [0.15, 0.2) is 0 Å². The number of carboxylic acid groups (broad SMARTS) is 1. The highest BCUT2D eigenvalue weighted by Crippen LogP contribution is 2.35. The molecule has 0 atom stereocenters. The molecule has 0 amide bonds. The van der Waals surface area contributed by atoms with E-state index >= 15 is 4.39 Å². The molecule has 1 aliphatic heterocycles. The van der Waals surface area contributed by atoms with Crippen molar-refractivity contribution in [3.05, 3.63) is 94.4 Å². The number of hydrogen-bond acceptors (Lipinski definition) is 7. The third kappa shape index (κ3) is 4.47. The van der Waals surface area contributed by atoms with Crippen LogP contribution in [0.5, 0.6) is 11.5 Å². The molecule has 0 spiro atoms. The number of rotatable bonds is 6. The van der Waals surface area contributed by atoms with Gasteiger partial charge in [-0.1, -0.05) is 23.8 Å². The maximum Gasteiger partial charge on any atom is 0.339 e. The summed E-state index contributed by atoms with van der Waals surface area (Å²) in [6, 6.07) is 15.2. The molecule has 0 radical (unpaired) electrons. The minimum Gasteiger partial charge on any atom is -0.496 e. The molecule has 0 bridgehead atoms. The van der Waals surface area contributed by atoms with Gasteiger partial charge >= 0.3 is 5.97 Å². The molecule has 0 unspecified atom stereocenters. The predicted molar refractivity (Wildman–Crippen MR) is 138 cm³/mol. The molecule has 0 saturated carbocycles. The maximum absolute atomic E-state index is 15.1. The van der Waals surface area contributed by atoms with E-state index in [1.54, 1.807) is 30.5 Å². The van der Waals surface area contributed by atoms with Gasteiger partial charge in [0.2, 0.25) is 5.95 Å². The van der Waals surface area contributed by atoms with Crippen molar-refractivity contribution in [2.75, 3.05) is 19.5 Å².